The van der Waals surface area contributed by atoms with Gasteiger partial charge < -0.3 is 10.4 Å². The van der Waals surface area contributed by atoms with E-state index in [9.17, 15) is 9.90 Å². The number of benzene rings is 1. The molecule has 1 heterocycles. The first-order valence-electron chi connectivity index (χ1n) is 8.69. The molecule has 1 amide bonds. The number of aliphatic hydroxyl groups is 1. The number of aliphatic hydroxyl groups excluding tert-OH is 1. The number of amides is 1. The van der Waals surface area contributed by atoms with Crippen LogP contribution in [0.1, 0.15) is 52.4 Å². The zero-order valence-corrected chi connectivity index (χ0v) is 13.9. The first-order chi connectivity index (χ1) is 11.6. The number of carbonyl (C=O) groups excluding carboxylic acids is 1. The van der Waals surface area contributed by atoms with Gasteiger partial charge in [0.05, 0.1) is 18.3 Å². The standard InChI is InChI=1S/C19H23N3O2/c1-22-11-16(10-20-22)18(15-8-17(23)9-15)21-19(24)14-6-5-12-3-2-4-13(12)7-14/h5-7,10-11,15,17-18,23H,2-4,8-9H2,1H3,(H,21,24)/t15?,17?,18-/m0/s1. The van der Waals surface area contributed by atoms with Crippen molar-refractivity contribution in [3.05, 3.63) is 52.8 Å². The average molecular weight is 325 g/mol. The van der Waals surface area contributed by atoms with Crippen LogP contribution in [0.2, 0.25) is 0 Å². The van der Waals surface area contributed by atoms with Crippen molar-refractivity contribution in [1.29, 1.82) is 0 Å². The summed E-state index contributed by atoms with van der Waals surface area (Å²) in [5, 5.41) is 17.0. The van der Waals surface area contributed by atoms with Crippen molar-refractivity contribution >= 4 is 5.91 Å². The van der Waals surface area contributed by atoms with Gasteiger partial charge in [-0.05, 0) is 61.3 Å². The number of nitrogens with zero attached hydrogens (tertiary/aromatic N) is 2. The number of rotatable bonds is 4. The molecule has 0 spiro atoms. The van der Waals surface area contributed by atoms with Gasteiger partial charge in [-0.2, -0.15) is 5.10 Å². The third kappa shape index (κ3) is 2.84. The maximum absolute atomic E-state index is 12.8. The van der Waals surface area contributed by atoms with Crippen molar-refractivity contribution in [3.63, 3.8) is 0 Å². The third-order valence-corrected chi connectivity index (χ3v) is 5.35. The van der Waals surface area contributed by atoms with E-state index in [1.165, 1.54) is 17.5 Å². The zero-order chi connectivity index (χ0) is 16.7. The molecule has 1 atom stereocenters. The van der Waals surface area contributed by atoms with E-state index in [0.29, 0.717) is 0 Å². The quantitative estimate of drug-likeness (QED) is 0.905. The van der Waals surface area contributed by atoms with Gasteiger partial charge in [0.2, 0.25) is 0 Å². The van der Waals surface area contributed by atoms with Crippen LogP contribution in [-0.4, -0.2) is 26.9 Å². The van der Waals surface area contributed by atoms with Crippen molar-refractivity contribution in [2.75, 3.05) is 0 Å². The topological polar surface area (TPSA) is 67.2 Å². The molecule has 0 bridgehead atoms. The Labute approximate surface area is 141 Å². The van der Waals surface area contributed by atoms with Crippen molar-refractivity contribution in [2.45, 2.75) is 44.2 Å². The van der Waals surface area contributed by atoms with Gasteiger partial charge >= 0.3 is 0 Å². The maximum Gasteiger partial charge on any atom is 0.251 e. The third-order valence-electron chi connectivity index (χ3n) is 5.35. The van der Waals surface area contributed by atoms with Gasteiger partial charge in [0, 0.05) is 24.4 Å². The lowest BCUT2D eigenvalue weighted by molar-refractivity contribution is 0.0235. The minimum atomic E-state index is -0.244. The predicted octanol–water partition coefficient (Wildman–Crippen LogP) is 2.15. The van der Waals surface area contributed by atoms with Gasteiger partial charge in [-0.3, -0.25) is 9.48 Å². The summed E-state index contributed by atoms with van der Waals surface area (Å²) in [7, 11) is 1.87. The molecule has 2 aromatic rings. The van der Waals surface area contributed by atoms with E-state index in [4.69, 9.17) is 0 Å². The molecule has 24 heavy (non-hydrogen) atoms. The molecule has 0 radical (unpaired) electrons. The molecule has 2 aliphatic carbocycles. The van der Waals surface area contributed by atoms with Crippen molar-refractivity contribution in [1.82, 2.24) is 15.1 Å². The Kier molecular flexibility index (Phi) is 3.88. The molecular weight excluding hydrogens is 302 g/mol. The zero-order valence-electron chi connectivity index (χ0n) is 13.9. The van der Waals surface area contributed by atoms with Crippen LogP contribution in [0, 0.1) is 5.92 Å². The maximum atomic E-state index is 12.8. The smallest absolute Gasteiger partial charge is 0.251 e. The van der Waals surface area contributed by atoms with Gasteiger partial charge in [-0.1, -0.05) is 6.07 Å². The summed E-state index contributed by atoms with van der Waals surface area (Å²) < 4.78 is 1.75. The lowest BCUT2D eigenvalue weighted by Crippen LogP contribution is -2.41. The summed E-state index contributed by atoms with van der Waals surface area (Å²) in [4.78, 5) is 12.8. The van der Waals surface area contributed by atoms with E-state index in [1.54, 1.807) is 10.9 Å². The second-order valence-corrected chi connectivity index (χ2v) is 7.12. The highest BCUT2D eigenvalue weighted by Gasteiger charge is 2.36. The molecule has 126 valence electrons. The highest BCUT2D eigenvalue weighted by molar-refractivity contribution is 5.94. The summed E-state index contributed by atoms with van der Waals surface area (Å²) in [6.45, 7) is 0. The molecule has 0 unspecified atom stereocenters. The Morgan fingerprint density at radius 2 is 2.12 bits per heavy atom. The van der Waals surface area contributed by atoms with Crippen LogP contribution < -0.4 is 5.32 Å². The van der Waals surface area contributed by atoms with E-state index >= 15 is 0 Å². The predicted molar refractivity (Wildman–Crippen MR) is 90.6 cm³/mol. The summed E-state index contributed by atoms with van der Waals surface area (Å²) in [6, 6.07) is 5.95. The van der Waals surface area contributed by atoms with Crippen molar-refractivity contribution in [3.8, 4) is 0 Å². The first kappa shape index (κ1) is 15.4. The van der Waals surface area contributed by atoms with Gasteiger partial charge in [0.25, 0.3) is 5.91 Å². The largest absolute Gasteiger partial charge is 0.393 e. The van der Waals surface area contributed by atoms with Gasteiger partial charge in [0.15, 0.2) is 0 Å². The Morgan fingerprint density at radius 3 is 2.83 bits per heavy atom. The lowest BCUT2D eigenvalue weighted by atomic mass is 9.75. The van der Waals surface area contributed by atoms with E-state index in [1.807, 2.05) is 25.4 Å². The molecule has 5 heteroatoms. The Hall–Kier alpha value is -2.14. The van der Waals surface area contributed by atoms with Gasteiger partial charge in [-0.15, -0.1) is 0 Å². The fourth-order valence-corrected chi connectivity index (χ4v) is 3.91. The summed E-state index contributed by atoms with van der Waals surface area (Å²) in [5.41, 5.74) is 4.41. The van der Waals surface area contributed by atoms with Gasteiger partial charge in [-0.25, -0.2) is 0 Å². The van der Waals surface area contributed by atoms with E-state index in [-0.39, 0.29) is 24.0 Å². The molecule has 1 aromatic heterocycles. The normalized spacial score (nSPS) is 23.4. The van der Waals surface area contributed by atoms with E-state index in [0.717, 1.165) is 36.8 Å². The molecule has 0 aliphatic heterocycles. The molecule has 1 fully saturated rings. The number of hydrogen-bond acceptors (Lipinski definition) is 3. The molecule has 5 nitrogen and oxygen atoms in total. The van der Waals surface area contributed by atoms with E-state index < -0.39 is 0 Å². The lowest BCUT2D eigenvalue weighted by Gasteiger charge is -2.37. The summed E-state index contributed by atoms with van der Waals surface area (Å²) in [5.74, 6) is 0.225. The number of aryl methyl sites for hydroxylation is 3. The monoisotopic (exact) mass is 325 g/mol. The Balaban J connectivity index is 1.54. The van der Waals surface area contributed by atoms with Crippen LogP contribution in [0.3, 0.4) is 0 Å². The van der Waals surface area contributed by atoms with E-state index in [2.05, 4.69) is 16.5 Å². The fourth-order valence-electron chi connectivity index (χ4n) is 3.91. The van der Waals surface area contributed by atoms with Crippen LogP contribution in [-0.2, 0) is 19.9 Å². The summed E-state index contributed by atoms with van der Waals surface area (Å²) in [6.07, 6.45) is 8.32. The Bertz CT molecular complexity index is 762. The number of aromatic nitrogens is 2. The minimum Gasteiger partial charge on any atom is -0.393 e. The number of hydrogen-bond donors (Lipinski definition) is 2. The second-order valence-electron chi connectivity index (χ2n) is 7.12. The highest BCUT2D eigenvalue weighted by Crippen LogP contribution is 2.38. The van der Waals surface area contributed by atoms with Crippen LogP contribution in [0.5, 0.6) is 0 Å². The molecule has 2 aliphatic rings. The van der Waals surface area contributed by atoms with Crippen LogP contribution in [0.25, 0.3) is 0 Å². The number of nitrogens with one attached hydrogen (secondary N) is 1. The minimum absolute atomic E-state index is 0.0417. The average Bonchev–Trinajstić information content (AvgIpc) is 3.17. The fraction of sp³-hybridized carbons (Fsp3) is 0.474. The number of fused-ring (bicyclic) bond motifs is 1. The van der Waals surface area contributed by atoms with Gasteiger partial charge in [0.1, 0.15) is 0 Å². The first-order valence-corrected chi connectivity index (χ1v) is 8.69. The molecule has 0 saturated heterocycles. The second kappa shape index (κ2) is 6.06. The molecule has 1 saturated carbocycles. The van der Waals surface area contributed by atoms with Crippen molar-refractivity contribution in [2.24, 2.45) is 13.0 Å². The molecule has 1 aromatic carbocycles. The number of carbonyl (C=O) groups is 1. The molecule has 2 N–H and O–H groups in total. The van der Waals surface area contributed by atoms with Crippen LogP contribution >= 0.6 is 0 Å². The van der Waals surface area contributed by atoms with Crippen molar-refractivity contribution < 1.29 is 9.90 Å². The van der Waals surface area contributed by atoms with Crippen LogP contribution in [0.4, 0.5) is 0 Å². The molecular formula is C19H23N3O2. The highest BCUT2D eigenvalue weighted by atomic mass is 16.3. The van der Waals surface area contributed by atoms with Crippen LogP contribution in [0.15, 0.2) is 30.6 Å². The summed E-state index contributed by atoms with van der Waals surface area (Å²) >= 11 is 0. The Morgan fingerprint density at radius 1 is 1.33 bits per heavy atom. The SMILES string of the molecule is Cn1cc([C@@H](NC(=O)c2ccc3c(c2)CCC3)C2CC(O)C2)cn1. The molecule has 4 rings (SSSR count).